The van der Waals surface area contributed by atoms with Crippen molar-refractivity contribution in [1.29, 1.82) is 0 Å². The van der Waals surface area contributed by atoms with Crippen molar-refractivity contribution in [3.63, 3.8) is 0 Å². The number of fused-ring (bicyclic) bond motifs is 10. The van der Waals surface area contributed by atoms with Crippen LogP contribution in [0.15, 0.2) is 243 Å². The van der Waals surface area contributed by atoms with Gasteiger partial charge in [-0.05, 0) is 218 Å². The molecule has 0 aliphatic carbocycles. The van der Waals surface area contributed by atoms with E-state index in [1.165, 1.54) is 127 Å². The molecule has 2 aromatic heterocycles. The van der Waals surface area contributed by atoms with Crippen LogP contribution in [0.5, 0.6) is 0 Å². The molecular weight excluding hydrogens is 1270 g/mol. The molecular formula is C100H103BN4. The highest BCUT2D eigenvalue weighted by Gasteiger charge is 2.45. The Hall–Kier alpha value is -10.1. The van der Waals surface area contributed by atoms with E-state index in [9.17, 15) is 0 Å². The summed E-state index contributed by atoms with van der Waals surface area (Å²) in [5.41, 5.74) is 33.9. The molecule has 0 unspecified atom stereocenters. The van der Waals surface area contributed by atoms with E-state index in [0.29, 0.717) is 0 Å². The van der Waals surface area contributed by atoms with Gasteiger partial charge in [0, 0.05) is 67.0 Å². The van der Waals surface area contributed by atoms with Gasteiger partial charge < -0.3 is 18.9 Å². The molecule has 0 amide bonds. The Labute approximate surface area is 625 Å². The minimum absolute atomic E-state index is 0.0236. The molecule has 0 bridgehead atoms. The van der Waals surface area contributed by atoms with Crippen LogP contribution in [-0.2, 0) is 37.9 Å². The van der Waals surface area contributed by atoms with Crippen molar-refractivity contribution in [1.82, 2.24) is 9.13 Å². The van der Waals surface area contributed by atoms with Crippen LogP contribution in [0.2, 0.25) is 0 Å². The fraction of sp³-hybridized carbons (Fsp3) is 0.280. The Bertz CT molecular complexity index is 5700. The van der Waals surface area contributed by atoms with Crippen molar-refractivity contribution >= 4 is 101 Å². The number of hydrogen-bond donors (Lipinski definition) is 0. The second-order valence-electron chi connectivity index (χ2n) is 37.7. The Morgan fingerprint density at radius 2 is 0.467 bits per heavy atom. The van der Waals surface area contributed by atoms with Crippen LogP contribution in [0.4, 0.5) is 34.1 Å². The highest BCUT2D eigenvalue weighted by molar-refractivity contribution is 7.00. The van der Waals surface area contributed by atoms with Crippen molar-refractivity contribution in [2.24, 2.45) is 0 Å². The fourth-order valence-corrected chi connectivity index (χ4v) is 16.5. The van der Waals surface area contributed by atoms with Crippen LogP contribution in [0.1, 0.15) is 184 Å². The van der Waals surface area contributed by atoms with Gasteiger partial charge in [0.1, 0.15) is 0 Å². The monoisotopic (exact) mass is 1370 g/mol. The minimum atomic E-state index is -0.174. The number of nitrogens with zero attached hydrogens (tertiary/aromatic N) is 4. The van der Waals surface area contributed by atoms with Crippen LogP contribution in [0.3, 0.4) is 0 Å². The molecule has 2 aliphatic rings. The summed E-state index contributed by atoms with van der Waals surface area (Å²) in [6.07, 6.45) is 0. The molecule has 105 heavy (non-hydrogen) atoms. The quantitative estimate of drug-likeness (QED) is 0.148. The fourth-order valence-electron chi connectivity index (χ4n) is 16.5. The first-order valence-corrected chi connectivity index (χ1v) is 38.2. The van der Waals surface area contributed by atoms with Gasteiger partial charge in [-0.3, -0.25) is 0 Å². The lowest BCUT2D eigenvalue weighted by Gasteiger charge is -2.44. The standard InChI is InChI=1S/C100H103BN4/c1-94(2,3)68-32-22-62(23-33-68)64-28-42-75(43-29-64)102-89-60-77(104-85-53-41-71(97(10,11)12)56-82(85)81-50-40-74(59-88(81)104)100(19,20)21)46-51-83(89)101-84-52-47-78(105-86-57-72(98(13,14)15)38-48-79(86)80-49-39-73(58-87(80)105)99(16,17)18)61-90(84)103(76-44-30-65(31-45-76)63-24-34-69(35-25-63)95(4,5)6)92-55-67(54-91(102)93(92)101)66-26-36-70(37-27-66)96(7,8)9/h22-61H,1-21H3. The van der Waals surface area contributed by atoms with Gasteiger partial charge in [-0.25, -0.2) is 0 Å². The average Bonchev–Trinajstić information content (AvgIpc) is 0.814. The molecule has 4 nitrogen and oxygen atoms in total. The third-order valence-corrected chi connectivity index (χ3v) is 23.1. The maximum Gasteiger partial charge on any atom is 0.252 e. The molecule has 0 spiro atoms. The number of hydrogen-bond acceptors (Lipinski definition) is 2. The third kappa shape index (κ3) is 12.1. The summed E-state index contributed by atoms with van der Waals surface area (Å²) in [6.45, 7) is 48.5. The first kappa shape index (κ1) is 69.3. The first-order chi connectivity index (χ1) is 49.4. The van der Waals surface area contributed by atoms with Crippen LogP contribution >= 0.6 is 0 Å². The van der Waals surface area contributed by atoms with Gasteiger partial charge in [0.15, 0.2) is 0 Å². The van der Waals surface area contributed by atoms with Crippen molar-refractivity contribution in [2.75, 3.05) is 9.80 Å². The van der Waals surface area contributed by atoms with Gasteiger partial charge in [-0.2, -0.15) is 0 Å². The van der Waals surface area contributed by atoms with Crippen LogP contribution in [0, 0.1) is 0 Å². The van der Waals surface area contributed by atoms with E-state index in [0.717, 1.165) is 51.1 Å². The molecule has 0 radical (unpaired) electrons. The Balaban J connectivity index is 1.00. The van der Waals surface area contributed by atoms with Gasteiger partial charge in [-0.15, -0.1) is 0 Å². The van der Waals surface area contributed by atoms with Crippen molar-refractivity contribution in [2.45, 2.75) is 183 Å². The first-order valence-electron chi connectivity index (χ1n) is 38.2. The summed E-state index contributed by atoms with van der Waals surface area (Å²) in [7, 11) is 0. The summed E-state index contributed by atoms with van der Waals surface area (Å²) in [6, 6.07) is 95.6. The van der Waals surface area contributed by atoms with Gasteiger partial charge in [-0.1, -0.05) is 297 Å². The number of rotatable bonds is 7. The van der Waals surface area contributed by atoms with Crippen molar-refractivity contribution in [3.05, 3.63) is 282 Å². The van der Waals surface area contributed by atoms with Crippen molar-refractivity contribution < 1.29 is 0 Å². The normalized spacial score (nSPS) is 13.7. The van der Waals surface area contributed by atoms with Crippen LogP contribution < -0.4 is 26.2 Å². The highest BCUT2D eigenvalue weighted by Crippen LogP contribution is 2.50. The van der Waals surface area contributed by atoms with E-state index in [2.05, 4.69) is 407 Å². The molecule has 2 aliphatic heterocycles. The largest absolute Gasteiger partial charge is 0.311 e. The van der Waals surface area contributed by atoms with Gasteiger partial charge in [0.2, 0.25) is 0 Å². The number of benzene rings is 12. The van der Waals surface area contributed by atoms with E-state index in [1.807, 2.05) is 0 Å². The Morgan fingerprint density at radius 3 is 0.800 bits per heavy atom. The summed E-state index contributed by atoms with van der Waals surface area (Å²) in [5, 5.41) is 5.05. The van der Waals surface area contributed by atoms with E-state index >= 15 is 0 Å². The topological polar surface area (TPSA) is 16.3 Å². The molecule has 0 saturated heterocycles. The number of aromatic nitrogens is 2. The smallest absolute Gasteiger partial charge is 0.252 e. The van der Waals surface area contributed by atoms with Gasteiger partial charge in [0.25, 0.3) is 6.71 Å². The molecule has 16 rings (SSSR count). The predicted molar refractivity (Wildman–Crippen MR) is 456 cm³/mol. The lowest BCUT2D eigenvalue weighted by Crippen LogP contribution is -2.61. The van der Waals surface area contributed by atoms with Gasteiger partial charge >= 0.3 is 0 Å². The zero-order chi connectivity index (χ0) is 74.1. The predicted octanol–water partition coefficient (Wildman–Crippen LogP) is 26.0. The maximum atomic E-state index is 2.63. The Morgan fingerprint density at radius 1 is 0.200 bits per heavy atom. The number of anilines is 6. The molecule has 526 valence electrons. The van der Waals surface area contributed by atoms with Crippen LogP contribution in [-0.4, -0.2) is 15.8 Å². The maximum absolute atomic E-state index is 2.63. The minimum Gasteiger partial charge on any atom is -0.311 e. The van der Waals surface area contributed by atoms with Crippen LogP contribution in [0.25, 0.3) is 88.4 Å². The zero-order valence-electron chi connectivity index (χ0n) is 66.0. The lowest BCUT2D eigenvalue weighted by molar-refractivity contribution is 0.590. The molecule has 0 saturated carbocycles. The summed E-state index contributed by atoms with van der Waals surface area (Å²) >= 11 is 0. The molecule has 14 aromatic rings. The third-order valence-electron chi connectivity index (χ3n) is 23.1. The molecule has 0 atom stereocenters. The van der Waals surface area contributed by atoms with E-state index in [-0.39, 0.29) is 44.6 Å². The molecule has 4 heterocycles. The average molecular weight is 1370 g/mol. The van der Waals surface area contributed by atoms with E-state index in [1.54, 1.807) is 0 Å². The molecule has 5 heteroatoms. The SMILES string of the molecule is CC(C)(C)c1ccc(-c2ccc(N3c4cc(-n5c6ccc(C(C)(C)C)cc6c6ccc(C(C)(C)C)cc65)ccc4B4c5ccc(-n6c7cc(C(C)(C)C)ccc7c7ccc(C(C)(C)C)cc76)cc5N(c5ccc(-c6ccc(C(C)(C)C)cc6)cc5)c5cc(-c6ccc(C(C)(C)C)cc6)cc3c54)cc2)cc1. The Kier molecular flexibility index (Phi) is 16.0. The summed E-state index contributed by atoms with van der Waals surface area (Å²) < 4.78 is 5.15. The van der Waals surface area contributed by atoms with Gasteiger partial charge in [0.05, 0.1) is 22.1 Å². The van der Waals surface area contributed by atoms with E-state index in [4.69, 9.17) is 0 Å². The van der Waals surface area contributed by atoms with E-state index < -0.39 is 0 Å². The molecule has 0 N–H and O–H groups in total. The molecule has 0 fully saturated rings. The second-order valence-corrected chi connectivity index (χ2v) is 37.7. The summed E-state index contributed by atoms with van der Waals surface area (Å²) in [5.74, 6) is 0. The second kappa shape index (κ2) is 24.2. The lowest BCUT2D eigenvalue weighted by atomic mass is 9.33. The highest BCUT2D eigenvalue weighted by atomic mass is 15.2. The summed E-state index contributed by atoms with van der Waals surface area (Å²) in [4.78, 5) is 5.25. The van der Waals surface area contributed by atoms with Crippen molar-refractivity contribution in [3.8, 4) is 44.8 Å². The zero-order valence-corrected chi connectivity index (χ0v) is 66.0. The molecule has 12 aromatic carbocycles.